The summed E-state index contributed by atoms with van der Waals surface area (Å²) in [6, 6.07) is 0.0248. The van der Waals surface area contributed by atoms with E-state index in [9.17, 15) is 9.59 Å². The van der Waals surface area contributed by atoms with Crippen molar-refractivity contribution in [2.75, 3.05) is 26.9 Å². The van der Waals surface area contributed by atoms with Crippen LogP contribution in [0, 0.1) is 0 Å². The van der Waals surface area contributed by atoms with Crippen molar-refractivity contribution in [1.29, 1.82) is 0 Å². The van der Waals surface area contributed by atoms with E-state index in [-0.39, 0.29) is 11.9 Å². The van der Waals surface area contributed by atoms with Crippen LogP contribution in [0.4, 0.5) is 0 Å². The van der Waals surface area contributed by atoms with Gasteiger partial charge in [-0.1, -0.05) is 0 Å². The number of carbonyl (C=O) groups is 2. The fourth-order valence-corrected chi connectivity index (χ4v) is 3.24. The number of hydrogen-bond donors (Lipinski definition) is 0. The zero-order valence-corrected chi connectivity index (χ0v) is 13.1. The van der Waals surface area contributed by atoms with E-state index in [0.717, 1.165) is 12.5 Å². The number of rotatable bonds is 7. The van der Waals surface area contributed by atoms with Crippen LogP contribution < -0.4 is 0 Å². The van der Waals surface area contributed by atoms with Crippen LogP contribution in [0.3, 0.4) is 0 Å². The summed E-state index contributed by atoms with van der Waals surface area (Å²) in [5, 5.41) is 0. The molecule has 6 nitrogen and oxygen atoms in total. The molecule has 0 aliphatic carbocycles. The summed E-state index contributed by atoms with van der Waals surface area (Å²) >= 11 is 0. The zero-order valence-electron chi connectivity index (χ0n) is 12.1. The van der Waals surface area contributed by atoms with Gasteiger partial charge in [-0.2, -0.15) is 0 Å². The Labute approximate surface area is 120 Å². The average Bonchev–Trinajstić information content (AvgIpc) is 2.41. The Morgan fingerprint density at radius 3 is 2.35 bits per heavy atom. The maximum atomic E-state index is 11.9. The molecule has 1 atom stereocenters. The minimum Gasteiger partial charge on any atom is -0.524 e. The number of carbonyl (C=O) groups excluding carboxylic acids is 2. The lowest BCUT2D eigenvalue weighted by atomic mass is 10.1. The summed E-state index contributed by atoms with van der Waals surface area (Å²) in [5.74, 6) is -0.731. The van der Waals surface area contributed by atoms with Gasteiger partial charge in [0.2, 0.25) is 5.91 Å². The van der Waals surface area contributed by atoms with E-state index in [1.165, 1.54) is 13.2 Å². The normalized spacial score (nSPS) is 17.4. The number of esters is 1. The fraction of sp³-hybridized carbons (Fsp3) is 0.615. The van der Waals surface area contributed by atoms with Gasteiger partial charge in [-0.25, -0.2) is 4.79 Å². The van der Waals surface area contributed by atoms with Crippen LogP contribution in [0.25, 0.3) is 0 Å². The summed E-state index contributed by atoms with van der Waals surface area (Å²) in [5.41, 5.74) is 1.98. The molecule has 0 aromatic heterocycles. The van der Waals surface area contributed by atoms with Gasteiger partial charge in [0.1, 0.15) is 0 Å². The third-order valence-electron chi connectivity index (χ3n) is 2.81. The Hall–Kier alpha value is -1.63. The lowest BCUT2D eigenvalue weighted by molar-refractivity contribution is -0.136. The largest absolute Gasteiger partial charge is 0.524 e. The highest BCUT2D eigenvalue weighted by atomic mass is 28.3. The van der Waals surface area contributed by atoms with Crippen molar-refractivity contribution in [3.05, 3.63) is 12.2 Å². The van der Waals surface area contributed by atoms with Gasteiger partial charge in [0.15, 0.2) is 0 Å². The third-order valence-corrected chi connectivity index (χ3v) is 4.62. The smallest absolute Gasteiger partial charge is 0.477 e. The van der Waals surface area contributed by atoms with Crippen molar-refractivity contribution in [2.24, 2.45) is 0 Å². The quantitative estimate of drug-likeness (QED) is 0.383. The molecule has 0 aromatic rings. The second kappa shape index (κ2) is 8.52. The summed E-state index contributed by atoms with van der Waals surface area (Å²) in [6.45, 7) is 5.70. The van der Waals surface area contributed by atoms with Crippen LogP contribution in [0.15, 0.2) is 12.2 Å². The highest BCUT2D eigenvalue weighted by Gasteiger charge is 2.30. The topological polar surface area (TPSA) is 65.1 Å². The third kappa shape index (κ3) is 4.80. The van der Waals surface area contributed by atoms with E-state index in [4.69, 9.17) is 8.85 Å². The van der Waals surface area contributed by atoms with E-state index < -0.39 is 14.9 Å². The van der Waals surface area contributed by atoms with Crippen LogP contribution in [0.2, 0.25) is 0 Å². The number of hydrogen-bond acceptors (Lipinski definition) is 5. The van der Waals surface area contributed by atoms with Gasteiger partial charge >= 0.3 is 14.9 Å². The number of nitrogens with zero attached hydrogens (tertiary/aromatic N) is 1. The van der Waals surface area contributed by atoms with Crippen molar-refractivity contribution >= 4 is 26.4 Å². The Morgan fingerprint density at radius 2 is 1.90 bits per heavy atom. The molecule has 1 amide bonds. The van der Waals surface area contributed by atoms with Gasteiger partial charge in [0.05, 0.1) is 26.4 Å². The van der Waals surface area contributed by atoms with E-state index in [1.807, 2.05) is 19.5 Å². The molecule has 0 spiro atoms. The molecule has 0 aromatic carbocycles. The average molecular weight is 299 g/mol. The fourth-order valence-electron chi connectivity index (χ4n) is 1.74. The van der Waals surface area contributed by atoms with E-state index in [1.54, 1.807) is 4.90 Å². The molecule has 0 saturated carbocycles. The van der Waals surface area contributed by atoms with Crippen molar-refractivity contribution in [3.8, 4) is 0 Å². The molecule has 0 bridgehead atoms. The van der Waals surface area contributed by atoms with Gasteiger partial charge in [-0.3, -0.25) is 4.79 Å². The predicted octanol–water partition coefficient (Wildman–Crippen LogP) is 0.262. The van der Waals surface area contributed by atoms with Crippen LogP contribution in [-0.4, -0.2) is 64.3 Å². The molecule has 7 heteroatoms. The number of methoxy groups -OCH3 is 1. The van der Waals surface area contributed by atoms with E-state index in [0.29, 0.717) is 19.8 Å². The number of amides is 1. The minimum atomic E-state index is -1.44. The summed E-state index contributed by atoms with van der Waals surface area (Å²) < 4.78 is 15.5. The molecule has 0 radical (unpaired) electrons. The van der Waals surface area contributed by atoms with Crippen molar-refractivity contribution < 1.29 is 23.2 Å². The molecular weight excluding hydrogens is 278 g/mol. The first kappa shape index (κ1) is 16.4. The van der Waals surface area contributed by atoms with E-state index in [2.05, 4.69) is 4.74 Å². The molecule has 1 fully saturated rings. The Bertz CT molecular complexity index is 400. The van der Waals surface area contributed by atoms with Gasteiger partial charge in [-0.05, 0) is 25.9 Å². The maximum absolute atomic E-state index is 11.9. The van der Waals surface area contributed by atoms with Gasteiger partial charge in [-0.15, -0.1) is 0 Å². The highest BCUT2D eigenvalue weighted by Crippen LogP contribution is 2.16. The maximum Gasteiger partial charge on any atom is 0.477 e. The molecule has 112 valence electrons. The van der Waals surface area contributed by atoms with Crippen molar-refractivity contribution in [3.63, 3.8) is 0 Å². The first-order chi connectivity index (χ1) is 9.62. The summed E-state index contributed by atoms with van der Waals surface area (Å²) in [4.78, 5) is 24.5. The Balaban J connectivity index is 2.60. The standard InChI is InChI=1S/C13H21NO5Si/c1-4-18-20(19-5-2)10-11-8-9-14(11)12(15)6-7-13(16)17-3/h6-7,10-11H,4-5,8-9H2,1-3H3/b7-6+. The Kier molecular flexibility index (Phi) is 7.00. The lowest BCUT2D eigenvalue weighted by Gasteiger charge is -2.38. The molecule has 1 saturated heterocycles. The molecule has 1 aliphatic rings. The van der Waals surface area contributed by atoms with Crippen molar-refractivity contribution in [1.82, 2.24) is 4.90 Å². The predicted molar refractivity (Wildman–Crippen MR) is 76.3 cm³/mol. The minimum absolute atomic E-state index is 0.0248. The lowest BCUT2D eigenvalue weighted by Crippen LogP contribution is -2.52. The molecule has 1 heterocycles. The Morgan fingerprint density at radius 1 is 1.25 bits per heavy atom. The summed E-state index contributed by atoms with van der Waals surface area (Å²) in [7, 11) is -0.168. The van der Waals surface area contributed by atoms with Gasteiger partial charge in [0.25, 0.3) is 0 Å². The first-order valence-electron chi connectivity index (χ1n) is 6.66. The van der Waals surface area contributed by atoms with Crippen LogP contribution >= 0.6 is 0 Å². The molecule has 1 unspecified atom stereocenters. The molecule has 1 aliphatic heterocycles. The molecule has 0 N–H and O–H groups in total. The second-order valence-electron chi connectivity index (χ2n) is 4.10. The zero-order chi connectivity index (χ0) is 15.0. The highest BCUT2D eigenvalue weighted by molar-refractivity contribution is 6.55. The summed E-state index contributed by atoms with van der Waals surface area (Å²) in [6.07, 6.45) is 3.26. The molecular formula is C13H21NO5Si. The van der Waals surface area contributed by atoms with Crippen LogP contribution in [0.1, 0.15) is 20.3 Å². The second-order valence-corrected chi connectivity index (χ2v) is 5.64. The SMILES string of the molecule is CCO[Si](=CC1CCN1C(=O)/C=C/C(=O)OC)OCC. The van der Waals surface area contributed by atoms with Crippen LogP contribution in [-0.2, 0) is 23.2 Å². The van der Waals surface area contributed by atoms with E-state index >= 15 is 0 Å². The molecule has 20 heavy (non-hydrogen) atoms. The van der Waals surface area contributed by atoms with Crippen LogP contribution in [0.5, 0.6) is 0 Å². The monoisotopic (exact) mass is 299 g/mol. The number of ether oxygens (including phenoxy) is 1. The van der Waals surface area contributed by atoms with Gasteiger partial charge < -0.3 is 18.5 Å². The number of likely N-dealkylation sites (tertiary alicyclic amines) is 1. The van der Waals surface area contributed by atoms with Gasteiger partial charge in [0, 0.05) is 18.7 Å². The first-order valence-corrected chi connectivity index (χ1v) is 8.05. The van der Waals surface area contributed by atoms with Crippen molar-refractivity contribution in [2.45, 2.75) is 26.3 Å². The molecule has 1 rings (SSSR count).